The minimum absolute atomic E-state index is 0.0186. The minimum atomic E-state index is -0.442. The van der Waals surface area contributed by atoms with Gasteiger partial charge < -0.3 is 14.3 Å². The van der Waals surface area contributed by atoms with Crippen LogP contribution in [0.5, 0.6) is 11.5 Å². The van der Waals surface area contributed by atoms with Crippen LogP contribution in [0, 0.1) is 10.1 Å². The maximum atomic E-state index is 10.6. The van der Waals surface area contributed by atoms with Crippen LogP contribution < -0.4 is 4.74 Å². The normalized spacial score (nSPS) is 10.6. The van der Waals surface area contributed by atoms with Gasteiger partial charge in [-0.15, -0.1) is 10.2 Å². The van der Waals surface area contributed by atoms with Gasteiger partial charge in [0.05, 0.1) is 17.6 Å². The fraction of sp³-hybridized carbons (Fsp3) is 0.125. The molecule has 0 atom stereocenters. The molecule has 1 heterocycles. The summed E-state index contributed by atoms with van der Waals surface area (Å²) < 4.78 is 10.6. The van der Waals surface area contributed by atoms with Crippen LogP contribution in [0.15, 0.2) is 52.1 Å². The molecular weight excluding hydrogens is 346 g/mol. The standard InChI is InChI=1S/C16H13N3O5S/c1-23-12-6-7-13(14(20)8-12)15-17-18-16(24-15)25-9-10-2-4-11(5-3-10)19(21)22/h2-8,20H,9H2,1H3. The molecule has 3 aromatic rings. The molecule has 0 amide bonds. The van der Waals surface area contributed by atoms with Crippen molar-refractivity contribution >= 4 is 17.4 Å². The Bertz CT molecular complexity index is 895. The summed E-state index contributed by atoms with van der Waals surface area (Å²) in [5, 5.41) is 28.8. The predicted octanol–water partition coefficient (Wildman–Crippen LogP) is 3.65. The fourth-order valence-corrected chi connectivity index (χ4v) is 2.77. The van der Waals surface area contributed by atoms with E-state index in [1.54, 1.807) is 24.3 Å². The topological polar surface area (TPSA) is 112 Å². The van der Waals surface area contributed by atoms with E-state index < -0.39 is 4.92 Å². The Morgan fingerprint density at radius 3 is 2.64 bits per heavy atom. The highest BCUT2D eigenvalue weighted by Gasteiger charge is 2.14. The fourth-order valence-electron chi connectivity index (χ4n) is 2.06. The number of methoxy groups -OCH3 is 1. The molecule has 1 aromatic heterocycles. The summed E-state index contributed by atoms with van der Waals surface area (Å²) in [6.45, 7) is 0. The molecule has 0 aliphatic carbocycles. The van der Waals surface area contributed by atoms with E-state index in [1.165, 1.54) is 37.1 Å². The molecule has 128 valence electrons. The van der Waals surface area contributed by atoms with Crippen LogP contribution in [0.3, 0.4) is 0 Å². The summed E-state index contributed by atoms with van der Waals surface area (Å²) in [5.41, 5.74) is 1.35. The van der Waals surface area contributed by atoms with Crippen molar-refractivity contribution in [2.45, 2.75) is 11.0 Å². The average Bonchev–Trinajstić information content (AvgIpc) is 3.08. The number of non-ortho nitro benzene ring substituents is 1. The molecule has 0 bridgehead atoms. The van der Waals surface area contributed by atoms with Crippen LogP contribution in [-0.4, -0.2) is 27.3 Å². The molecule has 3 rings (SSSR count). The molecule has 8 nitrogen and oxygen atoms in total. The van der Waals surface area contributed by atoms with E-state index in [1.807, 2.05) is 0 Å². The lowest BCUT2D eigenvalue weighted by molar-refractivity contribution is -0.384. The van der Waals surface area contributed by atoms with Crippen molar-refractivity contribution in [1.82, 2.24) is 10.2 Å². The first-order valence-electron chi connectivity index (χ1n) is 7.14. The minimum Gasteiger partial charge on any atom is -0.507 e. The number of aromatic nitrogens is 2. The van der Waals surface area contributed by atoms with Crippen molar-refractivity contribution in [3.05, 3.63) is 58.1 Å². The Kier molecular flexibility index (Phi) is 4.85. The highest BCUT2D eigenvalue weighted by molar-refractivity contribution is 7.98. The molecule has 25 heavy (non-hydrogen) atoms. The Morgan fingerprint density at radius 1 is 1.24 bits per heavy atom. The van der Waals surface area contributed by atoms with Crippen LogP contribution in [0.4, 0.5) is 5.69 Å². The summed E-state index contributed by atoms with van der Waals surface area (Å²) in [6.07, 6.45) is 0. The first kappa shape index (κ1) is 16.8. The maximum Gasteiger partial charge on any atom is 0.277 e. The maximum absolute atomic E-state index is 10.6. The zero-order valence-corrected chi connectivity index (χ0v) is 13.9. The van der Waals surface area contributed by atoms with E-state index in [9.17, 15) is 15.2 Å². The third-order valence-corrected chi connectivity index (χ3v) is 4.24. The number of hydrogen-bond donors (Lipinski definition) is 1. The number of ether oxygens (including phenoxy) is 1. The first-order valence-corrected chi connectivity index (χ1v) is 8.12. The molecule has 2 aromatic carbocycles. The van der Waals surface area contributed by atoms with Crippen LogP contribution >= 0.6 is 11.8 Å². The molecule has 0 spiro atoms. The Morgan fingerprint density at radius 2 is 2.00 bits per heavy atom. The number of nitro groups is 1. The second-order valence-corrected chi connectivity index (χ2v) is 5.90. The number of rotatable bonds is 6. The summed E-state index contributed by atoms with van der Waals surface area (Å²) in [7, 11) is 1.51. The number of phenols is 1. The van der Waals surface area contributed by atoms with Crippen LogP contribution in [0.1, 0.15) is 5.56 Å². The van der Waals surface area contributed by atoms with Gasteiger partial charge >= 0.3 is 0 Å². The van der Waals surface area contributed by atoms with Crippen molar-refractivity contribution in [3.63, 3.8) is 0 Å². The molecular formula is C16H13N3O5S. The van der Waals surface area contributed by atoms with Gasteiger partial charge in [-0.25, -0.2) is 0 Å². The van der Waals surface area contributed by atoms with Gasteiger partial charge in [-0.1, -0.05) is 23.9 Å². The second-order valence-electron chi connectivity index (χ2n) is 4.97. The van der Waals surface area contributed by atoms with Crippen molar-refractivity contribution in [3.8, 4) is 23.0 Å². The smallest absolute Gasteiger partial charge is 0.277 e. The van der Waals surface area contributed by atoms with Gasteiger partial charge in [0, 0.05) is 24.0 Å². The molecule has 9 heteroatoms. The summed E-state index contributed by atoms with van der Waals surface area (Å²) in [6, 6.07) is 11.0. The van der Waals surface area contributed by atoms with Crippen LogP contribution in [-0.2, 0) is 5.75 Å². The number of benzene rings is 2. The quantitative estimate of drug-likeness (QED) is 0.403. The molecule has 0 aliphatic heterocycles. The van der Waals surface area contributed by atoms with Crippen molar-refractivity contribution < 1.29 is 19.2 Å². The monoisotopic (exact) mass is 359 g/mol. The number of aromatic hydroxyl groups is 1. The lowest BCUT2D eigenvalue weighted by Crippen LogP contribution is -1.88. The number of nitro benzene ring substituents is 1. The third kappa shape index (κ3) is 3.89. The van der Waals surface area contributed by atoms with Gasteiger partial charge in [0.1, 0.15) is 11.5 Å². The van der Waals surface area contributed by atoms with Crippen molar-refractivity contribution in [2.75, 3.05) is 7.11 Å². The van der Waals surface area contributed by atoms with Crippen LogP contribution in [0.25, 0.3) is 11.5 Å². The molecule has 0 saturated carbocycles. The number of phenolic OH excluding ortho intramolecular Hbond substituents is 1. The van der Waals surface area contributed by atoms with Gasteiger partial charge in [-0.3, -0.25) is 10.1 Å². The van der Waals surface area contributed by atoms with E-state index in [2.05, 4.69) is 10.2 Å². The molecule has 0 saturated heterocycles. The third-order valence-electron chi connectivity index (χ3n) is 3.35. The first-order chi connectivity index (χ1) is 12.1. The van der Waals surface area contributed by atoms with E-state index in [0.29, 0.717) is 22.3 Å². The molecule has 0 aliphatic rings. The highest BCUT2D eigenvalue weighted by Crippen LogP contribution is 2.33. The molecule has 0 unspecified atom stereocenters. The van der Waals surface area contributed by atoms with E-state index in [-0.39, 0.29) is 17.3 Å². The summed E-state index contributed by atoms with van der Waals surface area (Å²) in [4.78, 5) is 10.2. The van der Waals surface area contributed by atoms with Gasteiger partial charge in [-0.2, -0.15) is 0 Å². The van der Waals surface area contributed by atoms with Gasteiger partial charge in [0.15, 0.2) is 0 Å². The number of hydrogen-bond acceptors (Lipinski definition) is 8. The van der Waals surface area contributed by atoms with Gasteiger partial charge in [-0.05, 0) is 17.7 Å². The summed E-state index contributed by atoms with van der Waals surface area (Å²) in [5.74, 6) is 1.23. The van der Waals surface area contributed by atoms with Gasteiger partial charge in [0.2, 0.25) is 0 Å². The Labute approximate surface area is 146 Å². The summed E-state index contributed by atoms with van der Waals surface area (Å²) >= 11 is 1.30. The van der Waals surface area contributed by atoms with Gasteiger partial charge in [0.25, 0.3) is 16.8 Å². The Hall–Kier alpha value is -3.07. The zero-order chi connectivity index (χ0) is 17.8. The lowest BCUT2D eigenvalue weighted by Gasteiger charge is -2.03. The predicted molar refractivity (Wildman–Crippen MR) is 90.6 cm³/mol. The molecule has 1 N–H and O–H groups in total. The van der Waals surface area contributed by atoms with Crippen molar-refractivity contribution in [1.29, 1.82) is 0 Å². The SMILES string of the molecule is COc1ccc(-c2nnc(SCc3ccc([N+](=O)[O-])cc3)o2)c(O)c1. The average molecular weight is 359 g/mol. The highest BCUT2D eigenvalue weighted by atomic mass is 32.2. The van der Waals surface area contributed by atoms with E-state index in [4.69, 9.17) is 9.15 Å². The van der Waals surface area contributed by atoms with E-state index >= 15 is 0 Å². The molecule has 0 fully saturated rings. The zero-order valence-electron chi connectivity index (χ0n) is 13.1. The largest absolute Gasteiger partial charge is 0.507 e. The van der Waals surface area contributed by atoms with Crippen LogP contribution in [0.2, 0.25) is 0 Å². The van der Waals surface area contributed by atoms with Crippen molar-refractivity contribution in [2.24, 2.45) is 0 Å². The number of thioether (sulfide) groups is 1. The second kappa shape index (κ2) is 7.22. The molecule has 0 radical (unpaired) electrons. The number of nitrogens with zero attached hydrogens (tertiary/aromatic N) is 3. The van der Waals surface area contributed by atoms with E-state index in [0.717, 1.165) is 5.56 Å². The lowest BCUT2D eigenvalue weighted by atomic mass is 10.2. The Balaban J connectivity index is 1.68.